The third-order valence-corrected chi connectivity index (χ3v) is 8.06. The number of nitriles is 1. The fraction of sp³-hybridized carbons (Fsp3) is 0.433. The quantitative estimate of drug-likeness (QED) is 0.444. The first-order valence-corrected chi connectivity index (χ1v) is 13.9. The molecule has 0 aliphatic carbocycles. The maximum Gasteiger partial charge on any atom is 0.416 e. The number of carbonyl (C=O) groups excluding carboxylic acids is 1. The highest BCUT2D eigenvalue weighted by molar-refractivity contribution is 5.89. The van der Waals surface area contributed by atoms with Gasteiger partial charge in [0.2, 0.25) is 11.8 Å². The Bertz CT molecular complexity index is 1460. The summed E-state index contributed by atoms with van der Waals surface area (Å²) in [7, 11) is 2.01. The van der Waals surface area contributed by atoms with E-state index in [1.54, 1.807) is 24.7 Å². The van der Waals surface area contributed by atoms with Crippen LogP contribution in [0.2, 0.25) is 0 Å². The number of aromatic nitrogens is 3. The molecular formula is C30H32F3N7O2. The molecule has 2 aromatic heterocycles. The molecule has 220 valence electrons. The number of pyridine rings is 1. The van der Waals surface area contributed by atoms with Gasteiger partial charge in [0.1, 0.15) is 6.07 Å². The number of halogens is 3. The van der Waals surface area contributed by atoms with E-state index in [1.807, 2.05) is 31.0 Å². The summed E-state index contributed by atoms with van der Waals surface area (Å²) in [6, 6.07) is 8.72. The lowest BCUT2D eigenvalue weighted by Gasteiger charge is -2.42. The molecule has 5 rings (SSSR count). The molecular weight excluding hydrogens is 547 g/mol. The molecule has 1 N–H and O–H groups in total. The summed E-state index contributed by atoms with van der Waals surface area (Å²) in [4.78, 5) is 31.5. The largest absolute Gasteiger partial charge is 0.477 e. The number of likely N-dealkylation sites (N-methyl/N-ethyl adjacent to an activating group) is 1. The first kappa shape index (κ1) is 29.3. The molecule has 4 heterocycles. The molecule has 1 atom stereocenters. The molecule has 3 aromatic rings. The molecule has 42 heavy (non-hydrogen) atoms. The zero-order chi connectivity index (χ0) is 29.9. The number of anilines is 1. The van der Waals surface area contributed by atoms with Crippen LogP contribution >= 0.6 is 0 Å². The predicted molar refractivity (Wildman–Crippen MR) is 150 cm³/mol. The number of benzene rings is 1. The maximum atomic E-state index is 14.0. The van der Waals surface area contributed by atoms with Gasteiger partial charge < -0.3 is 19.9 Å². The van der Waals surface area contributed by atoms with E-state index in [0.29, 0.717) is 61.1 Å². The average molecular weight is 580 g/mol. The van der Waals surface area contributed by atoms with Crippen molar-refractivity contribution >= 4 is 11.6 Å². The zero-order valence-corrected chi connectivity index (χ0v) is 23.5. The first-order chi connectivity index (χ1) is 20.1. The Morgan fingerprint density at radius 3 is 2.52 bits per heavy atom. The summed E-state index contributed by atoms with van der Waals surface area (Å²) in [5, 5.41) is 12.8. The number of nitrogens with one attached hydrogen (secondary N) is 1. The summed E-state index contributed by atoms with van der Waals surface area (Å²) in [5.74, 6) is 0.718. The van der Waals surface area contributed by atoms with E-state index in [4.69, 9.17) is 4.74 Å². The van der Waals surface area contributed by atoms with Crippen LogP contribution < -0.4 is 15.0 Å². The molecule has 1 aromatic carbocycles. The van der Waals surface area contributed by atoms with Gasteiger partial charge in [0.05, 0.1) is 34.4 Å². The van der Waals surface area contributed by atoms with Gasteiger partial charge in [-0.05, 0) is 70.1 Å². The number of nitrogens with zero attached hydrogens (tertiary/aromatic N) is 6. The number of hydrogen-bond donors (Lipinski definition) is 1. The fourth-order valence-corrected chi connectivity index (χ4v) is 5.76. The molecule has 2 saturated heterocycles. The second kappa shape index (κ2) is 11.9. The van der Waals surface area contributed by atoms with E-state index < -0.39 is 17.2 Å². The minimum absolute atomic E-state index is 0.0156. The Labute approximate surface area is 242 Å². The van der Waals surface area contributed by atoms with Crippen molar-refractivity contribution in [3.05, 3.63) is 65.6 Å². The van der Waals surface area contributed by atoms with Crippen LogP contribution in [0.15, 0.2) is 48.9 Å². The van der Waals surface area contributed by atoms with E-state index >= 15 is 0 Å². The van der Waals surface area contributed by atoms with Gasteiger partial charge in [-0.25, -0.2) is 15.0 Å². The smallest absolute Gasteiger partial charge is 0.416 e. The molecule has 12 heteroatoms. The number of alkyl halides is 3. The number of ether oxygens (including phenoxy) is 1. The first-order valence-electron chi connectivity index (χ1n) is 13.9. The highest BCUT2D eigenvalue weighted by atomic mass is 19.4. The van der Waals surface area contributed by atoms with Gasteiger partial charge in [-0.15, -0.1) is 0 Å². The Morgan fingerprint density at radius 1 is 1.17 bits per heavy atom. The van der Waals surface area contributed by atoms with Crippen LogP contribution in [0.25, 0.3) is 11.4 Å². The minimum atomic E-state index is -4.54. The van der Waals surface area contributed by atoms with Crippen LogP contribution in [0.5, 0.6) is 5.88 Å². The van der Waals surface area contributed by atoms with Gasteiger partial charge in [0.25, 0.3) is 0 Å². The lowest BCUT2D eigenvalue weighted by atomic mass is 9.72. The van der Waals surface area contributed by atoms with E-state index in [1.165, 1.54) is 6.07 Å². The van der Waals surface area contributed by atoms with E-state index in [-0.39, 0.29) is 17.5 Å². The molecule has 0 saturated carbocycles. The number of piperidine rings is 1. The molecule has 2 aliphatic rings. The monoisotopic (exact) mass is 579 g/mol. The van der Waals surface area contributed by atoms with Crippen molar-refractivity contribution in [2.45, 2.75) is 43.8 Å². The summed E-state index contributed by atoms with van der Waals surface area (Å²) in [6.45, 7) is 4.66. The van der Waals surface area contributed by atoms with Crippen molar-refractivity contribution in [1.29, 1.82) is 5.26 Å². The third kappa shape index (κ3) is 5.87. The zero-order valence-electron chi connectivity index (χ0n) is 23.5. The highest BCUT2D eigenvalue weighted by Crippen LogP contribution is 2.40. The van der Waals surface area contributed by atoms with E-state index in [2.05, 4.69) is 25.2 Å². The molecule has 9 nitrogen and oxygen atoms in total. The Morgan fingerprint density at radius 2 is 1.90 bits per heavy atom. The van der Waals surface area contributed by atoms with Gasteiger partial charge in [-0.3, -0.25) is 4.79 Å². The Kier molecular flexibility index (Phi) is 8.31. The van der Waals surface area contributed by atoms with Crippen molar-refractivity contribution in [3.63, 3.8) is 0 Å². The van der Waals surface area contributed by atoms with Crippen molar-refractivity contribution in [2.75, 3.05) is 44.7 Å². The van der Waals surface area contributed by atoms with Crippen LogP contribution in [0.3, 0.4) is 0 Å². The number of carbonyl (C=O) groups is 1. The summed E-state index contributed by atoms with van der Waals surface area (Å²) >= 11 is 0. The number of likely N-dealkylation sites (tertiary alicyclic amines) is 1. The van der Waals surface area contributed by atoms with Gasteiger partial charge in [-0.1, -0.05) is 0 Å². The SMILES string of the molecule is CCOc1ncccc1-c1ncc(C2(C(=O)N[C@@H]3CCN(C)C3)CCN(c3ccc(C(F)(F)F)cc3C#N)CC2)cn1. The predicted octanol–water partition coefficient (Wildman–Crippen LogP) is 4.19. The molecule has 0 spiro atoms. The standard InChI is InChI=1S/C30H32F3N7O2/c1-3-42-27-24(5-4-11-35-27)26-36-17-22(18-37-26)29(28(41)38-23-8-12-39(2)19-23)9-13-40(14-10-29)25-7-6-21(30(31,32)33)15-20(25)16-34/h4-7,11,15,17-18,23H,3,8-10,12-14,19H2,1-2H3,(H,38,41)/t23-/m1/s1. The van der Waals surface area contributed by atoms with Crippen LogP contribution in [-0.4, -0.2) is 71.6 Å². The van der Waals surface area contributed by atoms with Crippen molar-refractivity contribution in [3.8, 4) is 23.3 Å². The topological polar surface area (TPSA) is 107 Å². The van der Waals surface area contributed by atoms with Crippen molar-refractivity contribution in [1.82, 2.24) is 25.2 Å². The molecule has 0 bridgehead atoms. The fourth-order valence-electron chi connectivity index (χ4n) is 5.76. The van der Waals surface area contributed by atoms with Gasteiger partial charge in [0, 0.05) is 49.8 Å². The summed E-state index contributed by atoms with van der Waals surface area (Å²) < 4.78 is 45.4. The van der Waals surface area contributed by atoms with Gasteiger partial charge >= 0.3 is 6.18 Å². The molecule has 0 unspecified atom stereocenters. The minimum Gasteiger partial charge on any atom is -0.477 e. The second-order valence-corrected chi connectivity index (χ2v) is 10.7. The summed E-state index contributed by atoms with van der Waals surface area (Å²) in [5.41, 5.74) is -0.154. The van der Waals surface area contributed by atoms with Crippen LogP contribution in [0, 0.1) is 11.3 Å². The van der Waals surface area contributed by atoms with Gasteiger partial charge in [-0.2, -0.15) is 18.4 Å². The normalized spacial score (nSPS) is 18.9. The third-order valence-electron chi connectivity index (χ3n) is 8.06. The lowest BCUT2D eigenvalue weighted by molar-refractivity contribution is -0.137. The van der Waals surface area contributed by atoms with E-state index in [9.17, 15) is 23.2 Å². The number of amides is 1. The van der Waals surface area contributed by atoms with Crippen LogP contribution in [0.1, 0.15) is 42.9 Å². The van der Waals surface area contributed by atoms with Crippen LogP contribution in [-0.2, 0) is 16.4 Å². The van der Waals surface area contributed by atoms with Crippen molar-refractivity contribution < 1.29 is 22.7 Å². The average Bonchev–Trinajstić information content (AvgIpc) is 3.41. The molecule has 2 fully saturated rings. The van der Waals surface area contributed by atoms with E-state index in [0.717, 1.165) is 31.6 Å². The maximum absolute atomic E-state index is 14.0. The molecule has 1 amide bonds. The van der Waals surface area contributed by atoms with Crippen molar-refractivity contribution in [2.24, 2.45) is 0 Å². The Balaban J connectivity index is 1.44. The molecule has 0 radical (unpaired) electrons. The van der Waals surface area contributed by atoms with Gasteiger partial charge in [0.15, 0.2) is 5.82 Å². The summed E-state index contributed by atoms with van der Waals surface area (Å²) in [6.07, 6.45) is 2.00. The number of hydrogen-bond acceptors (Lipinski definition) is 8. The highest BCUT2D eigenvalue weighted by Gasteiger charge is 2.45. The Hall–Kier alpha value is -4.24. The molecule has 2 aliphatic heterocycles. The van der Waals surface area contributed by atoms with Crippen LogP contribution in [0.4, 0.5) is 18.9 Å². The second-order valence-electron chi connectivity index (χ2n) is 10.7. The number of rotatable bonds is 7. The lowest BCUT2D eigenvalue weighted by Crippen LogP contribution is -2.54.